The van der Waals surface area contributed by atoms with Crippen LogP contribution in [0.15, 0.2) is 47.3 Å². The van der Waals surface area contributed by atoms with Gasteiger partial charge in [-0.05, 0) is 23.8 Å². The number of carbonyl (C=O) groups is 1. The topological polar surface area (TPSA) is 104 Å². The Kier molecular flexibility index (Phi) is 5.83. The summed E-state index contributed by atoms with van der Waals surface area (Å²) in [5, 5.41) is 17.1. The number of aliphatic hydroxyl groups is 1. The zero-order chi connectivity index (χ0) is 25.6. The van der Waals surface area contributed by atoms with Crippen LogP contribution in [-0.2, 0) is 32.3 Å². The lowest BCUT2D eigenvalue weighted by Gasteiger charge is -2.30. The molecule has 0 aliphatic carbocycles. The Morgan fingerprint density at radius 3 is 2.56 bits per heavy atom. The molecule has 0 radical (unpaired) electrons. The number of rotatable bonds is 4. The van der Waals surface area contributed by atoms with Crippen LogP contribution in [0.5, 0.6) is 0 Å². The van der Waals surface area contributed by atoms with Gasteiger partial charge in [0.25, 0.3) is 11.5 Å². The number of nitrogens with zero attached hydrogens (tertiary/aromatic N) is 4. The molecule has 1 aliphatic heterocycles. The fourth-order valence-corrected chi connectivity index (χ4v) is 4.47. The summed E-state index contributed by atoms with van der Waals surface area (Å²) in [6.07, 6.45) is -4.51. The highest BCUT2D eigenvalue weighted by atomic mass is 19.4. The second-order valence-electron chi connectivity index (χ2n) is 8.40. The van der Waals surface area contributed by atoms with Gasteiger partial charge in [0.2, 0.25) is 5.82 Å². The standard InChI is InChI=1S/C24H19F4N5O3/c25-17-6-5-13(10-18-14-3-1-2-4-15(14)21(35)31-30-18)9-16(17)22(36)32-7-8-33-20(11-32)19(12-34)29-23(33)24(26,27)28/h1-6,9,34H,7-8,10-12H2,(H,31,35). The van der Waals surface area contributed by atoms with Gasteiger partial charge in [-0.2, -0.15) is 18.3 Å². The van der Waals surface area contributed by atoms with E-state index in [0.717, 1.165) is 10.6 Å². The maximum atomic E-state index is 14.7. The molecule has 0 atom stereocenters. The molecule has 5 rings (SSSR count). The quantitative estimate of drug-likeness (QED) is 0.419. The lowest BCUT2D eigenvalue weighted by molar-refractivity contribution is -0.147. The summed E-state index contributed by atoms with van der Waals surface area (Å²) in [6, 6.07) is 10.9. The van der Waals surface area contributed by atoms with Gasteiger partial charge in [0.1, 0.15) is 5.82 Å². The van der Waals surface area contributed by atoms with Gasteiger partial charge in [0.15, 0.2) is 0 Å². The number of benzene rings is 2. The van der Waals surface area contributed by atoms with Crippen molar-refractivity contribution in [2.75, 3.05) is 6.54 Å². The van der Waals surface area contributed by atoms with Crippen molar-refractivity contribution in [3.05, 3.63) is 92.7 Å². The molecule has 0 spiro atoms. The fraction of sp³-hybridized carbons (Fsp3) is 0.250. The number of nitrogens with one attached hydrogen (secondary N) is 1. The molecular weight excluding hydrogens is 482 g/mol. The van der Waals surface area contributed by atoms with Crippen LogP contribution < -0.4 is 5.56 Å². The average Bonchev–Trinajstić information content (AvgIpc) is 3.25. The largest absolute Gasteiger partial charge is 0.449 e. The number of fused-ring (bicyclic) bond motifs is 2. The SMILES string of the molecule is O=C(c1cc(Cc2n[nH]c(=O)c3ccccc23)ccc1F)N1CCn2c(C(F)(F)F)nc(CO)c2C1. The molecule has 1 amide bonds. The molecule has 2 N–H and O–H groups in total. The molecule has 0 bridgehead atoms. The summed E-state index contributed by atoms with van der Waals surface area (Å²) < 4.78 is 55.6. The van der Waals surface area contributed by atoms with Crippen LogP contribution in [-0.4, -0.2) is 42.2 Å². The van der Waals surface area contributed by atoms with Gasteiger partial charge < -0.3 is 14.6 Å². The normalized spacial score (nSPS) is 13.8. The number of hydrogen-bond acceptors (Lipinski definition) is 5. The van der Waals surface area contributed by atoms with Gasteiger partial charge in [0.05, 0.1) is 41.2 Å². The van der Waals surface area contributed by atoms with Crippen LogP contribution in [0.3, 0.4) is 0 Å². The molecule has 0 fully saturated rings. The minimum Gasteiger partial charge on any atom is -0.390 e. The highest BCUT2D eigenvalue weighted by Crippen LogP contribution is 2.32. The molecule has 2 aromatic heterocycles. The summed E-state index contributed by atoms with van der Waals surface area (Å²) in [5.41, 5.74) is 0.390. The summed E-state index contributed by atoms with van der Waals surface area (Å²) in [7, 11) is 0. The van der Waals surface area contributed by atoms with E-state index in [1.807, 2.05) is 0 Å². The first-order valence-corrected chi connectivity index (χ1v) is 11.0. The van der Waals surface area contributed by atoms with E-state index in [9.17, 15) is 32.3 Å². The molecule has 3 heterocycles. The van der Waals surface area contributed by atoms with Crippen LogP contribution >= 0.6 is 0 Å². The number of aromatic nitrogens is 4. The molecule has 0 unspecified atom stereocenters. The van der Waals surface area contributed by atoms with E-state index in [0.29, 0.717) is 22.0 Å². The molecule has 186 valence electrons. The number of alkyl halides is 3. The number of aliphatic hydroxyl groups excluding tert-OH is 1. The molecule has 12 heteroatoms. The monoisotopic (exact) mass is 501 g/mol. The number of halogens is 4. The molecule has 36 heavy (non-hydrogen) atoms. The maximum absolute atomic E-state index is 14.7. The first kappa shape index (κ1) is 23.7. The van der Waals surface area contributed by atoms with Crippen LogP contribution in [0.25, 0.3) is 10.8 Å². The minimum absolute atomic E-state index is 0.0601. The predicted octanol–water partition coefficient (Wildman–Crippen LogP) is 3.02. The predicted molar refractivity (Wildman–Crippen MR) is 119 cm³/mol. The summed E-state index contributed by atoms with van der Waals surface area (Å²) in [4.78, 5) is 30.0. The molecule has 8 nitrogen and oxygen atoms in total. The van der Waals surface area contributed by atoms with Crippen LogP contribution in [0, 0.1) is 5.82 Å². The van der Waals surface area contributed by atoms with E-state index in [1.54, 1.807) is 24.3 Å². The third kappa shape index (κ3) is 4.13. The second kappa shape index (κ2) is 8.86. The molecule has 4 aromatic rings. The van der Waals surface area contributed by atoms with Gasteiger partial charge in [-0.1, -0.05) is 24.3 Å². The third-order valence-corrected chi connectivity index (χ3v) is 6.19. The first-order valence-electron chi connectivity index (χ1n) is 11.0. The zero-order valence-electron chi connectivity index (χ0n) is 18.6. The van der Waals surface area contributed by atoms with Crippen LogP contribution in [0.1, 0.15) is 38.8 Å². The lowest BCUT2D eigenvalue weighted by Crippen LogP contribution is -2.39. The number of hydrogen-bond donors (Lipinski definition) is 2. The van der Waals surface area contributed by atoms with Crippen molar-refractivity contribution in [2.24, 2.45) is 0 Å². The number of amides is 1. The van der Waals surface area contributed by atoms with Crippen LogP contribution in [0.4, 0.5) is 17.6 Å². The van der Waals surface area contributed by atoms with E-state index in [1.165, 1.54) is 17.0 Å². The highest BCUT2D eigenvalue weighted by molar-refractivity contribution is 5.95. The average molecular weight is 501 g/mol. The summed E-state index contributed by atoms with van der Waals surface area (Å²) in [6.45, 7) is -1.27. The van der Waals surface area contributed by atoms with Crippen molar-refractivity contribution in [3.8, 4) is 0 Å². The Morgan fingerprint density at radius 1 is 1.08 bits per heavy atom. The Hall–Kier alpha value is -4.06. The van der Waals surface area contributed by atoms with Crippen molar-refractivity contribution in [3.63, 3.8) is 0 Å². The first-order chi connectivity index (χ1) is 17.2. The summed E-state index contributed by atoms with van der Waals surface area (Å²) in [5.74, 6) is -2.61. The van der Waals surface area contributed by atoms with Gasteiger partial charge in [-0.25, -0.2) is 14.5 Å². The molecule has 0 saturated heterocycles. The van der Waals surface area contributed by atoms with E-state index < -0.39 is 30.3 Å². The molecular formula is C24H19F4N5O3. The van der Waals surface area contributed by atoms with Gasteiger partial charge in [0, 0.05) is 24.9 Å². The third-order valence-electron chi connectivity index (χ3n) is 6.19. The molecule has 1 aliphatic rings. The van der Waals surface area contributed by atoms with E-state index in [-0.39, 0.29) is 48.6 Å². The Balaban J connectivity index is 1.44. The fourth-order valence-electron chi connectivity index (χ4n) is 4.47. The van der Waals surface area contributed by atoms with Gasteiger partial charge in [-0.3, -0.25) is 9.59 Å². The smallest absolute Gasteiger partial charge is 0.390 e. The number of imidazole rings is 1. The molecule has 2 aromatic carbocycles. The number of H-pyrrole nitrogens is 1. The number of aromatic amines is 1. The van der Waals surface area contributed by atoms with Gasteiger partial charge in [-0.15, -0.1) is 0 Å². The van der Waals surface area contributed by atoms with Crippen molar-refractivity contribution in [1.82, 2.24) is 24.6 Å². The highest BCUT2D eigenvalue weighted by Gasteiger charge is 2.40. The Morgan fingerprint density at radius 2 is 1.83 bits per heavy atom. The van der Waals surface area contributed by atoms with Crippen molar-refractivity contribution < 1.29 is 27.5 Å². The van der Waals surface area contributed by atoms with Crippen molar-refractivity contribution >= 4 is 16.7 Å². The Labute approximate surface area is 200 Å². The van der Waals surface area contributed by atoms with Gasteiger partial charge >= 0.3 is 6.18 Å². The summed E-state index contributed by atoms with van der Waals surface area (Å²) >= 11 is 0. The second-order valence-corrected chi connectivity index (χ2v) is 8.40. The number of carbonyl (C=O) groups excluding carboxylic acids is 1. The van der Waals surface area contributed by atoms with E-state index >= 15 is 0 Å². The van der Waals surface area contributed by atoms with E-state index in [2.05, 4.69) is 15.2 Å². The lowest BCUT2D eigenvalue weighted by atomic mass is 10.0. The van der Waals surface area contributed by atoms with E-state index in [4.69, 9.17) is 0 Å². The Bertz CT molecular complexity index is 1540. The maximum Gasteiger partial charge on any atom is 0.449 e. The van der Waals surface area contributed by atoms with Crippen molar-refractivity contribution in [2.45, 2.75) is 32.3 Å². The van der Waals surface area contributed by atoms with Crippen LogP contribution in [0.2, 0.25) is 0 Å². The minimum atomic E-state index is -4.71. The zero-order valence-corrected chi connectivity index (χ0v) is 18.6. The molecule has 0 saturated carbocycles. The van der Waals surface area contributed by atoms with Crippen molar-refractivity contribution in [1.29, 1.82) is 0 Å².